The van der Waals surface area contributed by atoms with Crippen LogP contribution in [0.5, 0.6) is 0 Å². The third-order valence-corrected chi connectivity index (χ3v) is 5.83. The molecule has 0 amide bonds. The third-order valence-electron chi connectivity index (χ3n) is 4.70. The molecule has 28 heavy (non-hydrogen) atoms. The van der Waals surface area contributed by atoms with Crippen molar-refractivity contribution in [2.24, 2.45) is 0 Å². The van der Waals surface area contributed by atoms with E-state index in [1.165, 1.54) is 21.2 Å². The van der Waals surface area contributed by atoms with E-state index >= 15 is 0 Å². The molecule has 1 aliphatic heterocycles. The highest BCUT2D eigenvalue weighted by molar-refractivity contribution is 7.99. The average Bonchev–Trinajstić information content (AvgIpc) is 2.77. The van der Waals surface area contributed by atoms with Crippen molar-refractivity contribution in [3.63, 3.8) is 0 Å². The number of nitriles is 1. The van der Waals surface area contributed by atoms with E-state index in [9.17, 15) is 0 Å². The Morgan fingerprint density at radius 3 is 2.14 bits per heavy atom. The molecule has 3 aromatic carbocycles. The molecule has 0 spiro atoms. The van der Waals surface area contributed by atoms with Crippen LogP contribution in [0.25, 0.3) is 11.3 Å². The SMILES string of the molecule is N#Cc1cccc(-c2cccc(N3c4ccccc4Sc4ccccc43)c2)n1. The van der Waals surface area contributed by atoms with Crippen molar-refractivity contribution >= 4 is 28.8 Å². The highest BCUT2D eigenvalue weighted by Crippen LogP contribution is 2.51. The van der Waals surface area contributed by atoms with Gasteiger partial charge in [-0.1, -0.05) is 54.2 Å². The van der Waals surface area contributed by atoms with Crippen molar-refractivity contribution in [2.45, 2.75) is 9.79 Å². The zero-order valence-electron chi connectivity index (χ0n) is 14.9. The van der Waals surface area contributed by atoms with Gasteiger partial charge in [0.1, 0.15) is 11.8 Å². The van der Waals surface area contributed by atoms with Crippen LogP contribution in [0.4, 0.5) is 17.1 Å². The molecule has 0 fully saturated rings. The molecule has 0 aliphatic carbocycles. The van der Waals surface area contributed by atoms with E-state index in [0.717, 1.165) is 16.9 Å². The molecule has 0 unspecified atom stereocenters. The van der Waals surface area contributed by atoms with Crippen molar-refractivity contribution in [3.05, 3.63) is 96.7 Å². The summed E-state index contributed by atoms with van der Waals surface area (Å²) in [6, 6.07) is 32.9. The maximum Gasteiger partial charge on any atom is 0.141 e. The minimum atomic E-state index is 0.424. The minimum absolute atomic E-state index is 0.424. The molecule has 5 rings (SSSR count). The van der Waals surface area contributed by atoms with Gasteiger partial charge in [-0.15, -0.1) is 0 Å². The highest BCUT2D eigenvalue weighted by Gasteiger charge is 2.24. The molecule has 1 aromatic heterocycles. The van der Waals surface area contributed by atoms with Gasteiger partial charge in [0, 0.05) is 21.0 Å². The van der Waals surface area contributed by atoms with Crippen molar-refractivity contribution in [2.75, 3.05) is 4.90 Å². The Morgan fingerprint density at radius 2 is 1.43 bits per heavy atom. The molecule has 0 bridgehead atoms. The Kier molecular flexibility index (Phi) is 4.08. The Hall–Kier alpha value is -3.55. The number of nitrogens with zero attached hydrogens (tertiary/aromatic N) is 3. The molecule has 3 nitrogen and oxygen atoms in total. The van der Waals surface area contributed by atoms with Crippen LogP contribution in [0.3, 0.4) is 0 Å². The van der Waals surface area contributed by atoms with E-state index in [-0.39, 0.29) is 0 Å². The second-order valence-corrected chi connectivity index (χ2v) is 7.53. The fourth-order valence-electron chi connectivity index (χ4n) is 3.44. The molecule has 2 heterocycles. The maximum atomic E-state index is 9.16. The van der Waals surface area contributed by atoms with Gasteiger partial charge in [-0.05, 0) is 48.5 Å². The smallest absolute Gasteiger partial charge is 0.141 e. The average molecular weight is 377 g/mol. The number of hydrogen-bond donors (Lipinski definition) is 0. The van der Waals surface area contributed by atoms with Crippen LogP contribution in [0, 0.1) is 11.3 Å². The largest absolute Gasteiger partial charge is 0.308 e. The van der Waals surface area contributed by atoms with Gasteiger partial charge in [0.05, 0.1) is 17.1 Å². The fourth-order valence-corrected chi connectivity index (χ4v) is 4.50. The quantitative estimate of drug-likeness (QED) is 0.349. The van der Waals surface area contributed by atoms with Crippen molar-refractivity contribution in [1.29, 1.82) is 5.26 Å². The first kappa shape index (κ1) is 16.6. The van der Waals surface area contributed by atoms with E-state index in [2.05, 4.69) is 76.6 Å². The van der Waals surface area contributed by atoms with Crippen LogP contribution >= 0.6 is 11.8 Å². The molecule has 4 heteroatoms. The van der Waals surface area contributed by atoms with Crippen LogP contribution in [0.15, 0.2) is 101 Å². The van der Waals surface area contributed by atoms with E-state index in [4.69, 9.17) is 5.26 Å². The lowest BCUT2D eigenvalue weighted by atomic mass is 10.1. The van der Waals surface area contributed by atoms with Gasteiger partial charge in [-0.3, -0.25) is 0 Å². The van der Waals surface area contributed by atoms with Gasteiger partial charge >= 0.3 is 0 Å². The highest BCUT2D eigenvalue weighted by atomic mass is 32.2. The third kappa shape index (κ3) is 2.83. The Balaban J connectivity index is 1.67. The van der Waals surface area contributed by atoms with Crippen molar-refractivity contribution < 1.29 is 0 Å². The van der Waals surface area contributed by atoms with E-state index in [0.29, 0.717) is 5.69 Å². The lowest BCUT2D eigenvalue weighted by Crippen LogP contribution is -2.14. The normalized spacial score (nSPS) is 12.0. The first-order chi connectivity index (χ1) is 13.8. The van der Waals surface area contributed by atoms with Gasteiger partial charge in [0.2, 0.25) is 0 Å². The van der Waals surface area contributed by atoms with Gasteiger partial charge in [-0.2, -0.15) is 5.26 Å². The number of anilines is 3. The lowest BCUT2D eigenvalue weighted by molar-refractivity contribution is 1.16. The number of rotatable bonds is 2. The number of pyridine rings is 1. The molecule has 0 N–H and O–H groups in total. The van der Waals surface area contributed by atoms with Crippen molar-refractivity contribution in [1.82, 2.24) is 4.98 Å². The van der Waals surface area contributed by atoms with Gasteiger partial charge < -0.3 is 4.90 Å². The molecule has 0 saturated carbocycles. The van der Waals surface area contributed by atoms with Crippen LogP contribution in [-0.2, 0) is 0 Å². The van der Waals surface area contributed by atoms with Crippen LogP contribution in [0.2, 0.25) is 0 Å². The summed E-state index contributed by atoms with van der Waals surface area (Å²) in [5.41, 5.74) is 5.62. The summed E-state index contributed by atoms with van der Waals surface area (Å²) in [5, 5.41) is 9.16. The lowest BCUT2D eigenvalue weighted by Gasteiger charge is -2.33. The second kappa shape index (κ2) is 6.88. The summed E-state index contributed by atoms with van der Waals surface area (Å²) in [6.45, 7) is 0. The van der Waals surface area contributed by atoms with Crippen LogP contribution < -0.4 is 4.90 Å². The molecule has 0 radical (unpaired) electrons. The fraction of sp³-hybridized carbons (Fsp3) is 0. The van der Waals surface area contributed by atoms with Gasteiger partial charge in [0.15, 0.2) is 0 Å². The monoisotopic (exact) mass is 377 g/mol. The molecular weight excluding hydrogens is 362 g/mol. The summed E-state index contributed by atoms with van der Waals surface area (Å²) >= 11 is 1.80. The number of para-hydroxylation sites is 2. The van der Waals surface area contributed by atoms with E-state index in [1.54, 1.807) is 17.8 Å². The number of benzene rings is 3. The first-order valence-corrected chi connectivity index (χ1v) is 9.79. The van der Waals surface area contributed by atoms with E-state index in [1.807, 2.05) is 24.3 Å². The Morgan fingerprint density at radius 1 is 0.750 bits per heavy atom. The zero-order valence-corrected chi connectivity index (χ0v) is 15.7. The molecule has 1 aliphatic rings. The Bertz CT molecular complexity index is 1180. The maximum absolute atomic E-state index is 9.16. The summed E-state index contributed by atoms with van der Waals surface area (Å²) in [7, 11) is 0. The summed E-state index contributed by atoms with van der Waals surface area (Å²) in [4.78, 5) is 9.21. The standard InChI is InChI=1S/C24H15N3S/c25-16-18-8-6-10-20(26-18)17-7-5-9-19(15-17)27-21-11-1-3-13-23(21)28-24-14-4-2-12-22(24)27/h1-15H. The first-order valence-electron chi connectivity index (χ1n) is 8.97. The van der Waals surface area contributed by atoms with Crippen LogP contribution in [0.1, 0.15) is 5.69 Å². The second-order valence-electron chi connectivity index (χ2n) is 6.44. The molecule has 0 saturated heterocycles. The number of aromatic nitrogens is 1. The topological polar surface area (TPSA) is 39.9 Å². The molecule has 0 atom stereocenters. The number of hydrogen-bond acceptors (Lipinski definition) is 4. The molecule has 4 aromatic rings. The Labute approximate surface area is 167 Å². The predicted octanol–water partition coefficient (Wildman–Crippen LogP) is 6.55. The van der Waals surface area contributed by atoms with E-state index < -0.39 is 0 Å². The number of fused-ring (bicyclic) bond motifs is 2. The van der Waals surface area contributed by atoms with Crippen molar-refractivity contribution in [3.8, 4) is 17.3 Å². The minimum Gasteiger partial charge on any atom is -0.308 e. The summed E-state index contributed by atoms with van der Waals surface area (Å²) < 4.78 is 0. The molecule has 132 valence electrons. The van der Waals surface area contributed by atoms with Gasteiger partial charge in [0.25, 0.3) is 0 Å². The van der Waals surface area contributed by atoms with Crippen LogP contribution in [-0.4, -0.2) is 4.98 Å². The zero-order chi connectivity index (χ0) is 18.9. The van der Waals surface area contributed by atoms with Gasteiger partial charge in [-0.25, -0.2) is 4.98 Å². The predicted molar refractivity (Wildman–Crippen MR) is 113 cm³/mol. The summed E-state index contributed by atoms with van der Waals surface area (Å²) in [6.07, 6.45) is 0. The molecular formula is C24H15N3S. The summed E-state index contributed by atoms with van der Waals surface area (Å²) in [5.74, 6) is 0.